The Labute approximate surface area is 188 Å². The number of halogens is 1. The van der Waals surface area contributed by atoms with E-state index < -0.39 is 0 Å². The van der Waals surface area contributed by atoms with Gasteiger partial charge < -0.3 is 15.7 Å². The van der Waals surface area contributed by atoms with E-state index in [0.717, 1.165) is 48.7 Å². The van der Waals surface area contributed by atoms with E-state index in [1.165, 1.54) is 24.8 Å². The minimum absolute atomic E-state index is 0.104. The lowest BCUT2D eigenvalue weighted by Crippen LogP contribution is -2.27. The third kappa shape index (κ3) is 6.18. The molecule has 5 nitrogen and oxygen atoms in total. The van der Waals surface area contributed by atoms with Crippen molar-refractivity contribution in [2.45, 2.75) is 32.1 Å². The van der Waals surface area contributed by atoms with Gasteiger partial charge in [0, 0.05) is 18.3 Å². The van der Waals surface area contributed by atoms with Gasteiger partial charge in [-0.05, 0) is 86.5 Å². The van der Waals surface area contributed by atoms with E-state index >= 15 is 0 Å². The quantitative estimate of drug-likeness (QED) is 0.458. The van der Waals surface area contributed by atoms with Crippen molar-refractivity contribution in [1.29, 1.82) is 0 Å². The number of phenolic OH excluding ortho intramolecular Hbond substituents is 1. The molecule has 3 N–H and O–H groups in total. The summed E-state index contributed by atoms with van der Waals surface area (Å²) in [6.45, 7) is 2.99. The van der Waals surface area contributed by atoms with E-state index in [9.17, 15) is 5.11 Å². The molecular formula is C25H29ClN4O. The third-order valence-corrected chi connectivity index (χ3v) is 6.19. The molecule has 6 heteroatoms. The first-order valence-electron chi connectivity index (χ1n) is 11.0. The monoisotopic (exact) mass is 436 g/mol. The highest BCUT2D eigenvalue weighted by Crippen LogP contribution is 2.24. The van der Waals surface area contributed by atoms with Gasteiger partial charge in [-0.25, -0.2) is 9.97 Å². The number of piperidine rings is 1. The lowest BCUT2D eigenvalue weighted by atomic mass is 9.91. The van der Waals surface area contributed by atoms with Gasteiger partial charge in [0.15, 0.2) is 0 Å². The number of nitrogens with one attached hydrogen (secondary N) is 2. The van der Waals surface area contributed by atoms with E-state index in [-0.39, 0.29) is 5.75 Å². The number of nitrogens with zero attached hydrogens (tertiary/aromatic N) is 2. The molecule has 0 bridgehead atoms. The van der Waals surface area contributed by atoms with Crippen LogP contribution in [0.15, 0.2) is 54.7 Å². The van der Waals surface area contributed by atoms with Crippen LogP contribution in [0.1, 0.15) is 30.4 Å². The van der Waals surface area contributed by atoms with E-state index in [2.05, 4.69) is 39.9 Å². The SMILES string of the molecule is Oc1ccc(CCNc2nccc(-c3cccc(CCC4CCNCC4)c3)n2)cc1Cl. The van der Waals surface area contributed by atoms with Crippen LogP contribution in [0, 0.1) is 5.92 Å². The van der Waals surface area contributed by atoms with Crippen LogP contribution in [0.3, 0.4) is 0 Å². The number of hydrogen-bond donors (Lipinski definition) is 3. The minimum atomic E-state index is 0.104. The van der Waals surface area contributed by atoms with Gasteiger partial charge in [-0.2, -0.15) is 0 Å². The Bertz CT molecular complexity index is 1000. The molecule has 0 radical (unpaired) electrons. The Kier molecular flexibility index (Phi) is 7.39. The molecule has 1 aromatic heterocycles. The van der Waals surface area contributed by atoms with Crippen LogP contribution in [-0.4, -0.2) is 34.7 Å². The van der Waals surface area contributed by atoms with Crippen LogP contribution in [-0.2, 0) is 12.8 Å². The lowest BCUT2D eigenvalue weighted by molar-refractivity contribution is 0.354. The van der Waals surface area contributed by atoms with Gasteiger partial charge in [-0.3, -0.25) is 0 Å². The molecule has 3 aromatic rings. The van der Waals surface area contributed by atoms with Crippen LogP contribution in [0.4, 0.5) is 5.95 Å². The van der Waals surface area contributed by atoms with E-state index in [1.807, 2.05) is 12.1 Å². The molecule has 1 aliphatic heterocycles. The van der Waals surface area contributed by atoms with Crippen molar-refractivity contribution < 1.29 is 5.11 Å². The smallest absolute Gasteiger partial charge is 0.223 e. The largest absolute Gasteiger partial charge is 0.506 e. The molecule has 0 amide bonds. The molecule has 0 atom stereocenters. The summed E-state index contributed by atoms with van der Waals surface area (Å²) in [5.41, 5.74) is 4.47. The summed E-state index contributed by atoms with van der Waals surface area (Å²) >= 11 is 5.98. The number of phenols is 1. The number of benzene rings is 2. The first-order valence-corrected chi connectivity index (χ1v) is 11.4. The maximum absolute atomic E-state index is 9.54. The molecule has 1 fully saturated rings. The van der Waals surface area contributed by atoms with Crippen molar-refractivity contribution in [3.8, 4) is 17.0 Å². The second kappa shape index (κ2) is 10.6. The van der Waals surface area contributed by atoms with Gasteiger partial charge in [0.1, 0.15) is 5.75 Å². The Morgan fingerprint density at radius 3 is 2.71 bits per heavy atom. The topological polar surface area (TPSA) is 70.1 Å². The first kappa shape index (κ1) is 21.6. The maximum Gasteiger partial charge on any atom is 0.223 e. The Morgan fingerprint density at radius 2 is 1.87 bits per heavy atom. The molecule has 4 rings (SSSR count). The number of aryl methyl sites for hydroxylation is 1. The van der Waals surface area contributed by atoms with Gasteiger partial charge in [-0.1, -0.05) is 35.9 Å². The molecular weight excluding hydrogens is 408 g/mol. The summed E-state index contributed by atoms with van der Waals surface area (Å²) in [5, 5.41) is 16.6. The highest BCUT2D eigenvalue weighted by molar-refractivity contribution is 6.32. The molecule has 0 saturated carbocycles. The highest BCUT2D eigenvalue weighted by atomic mass is 35.5. The van der Waals surface area contributed by atoms with Crippen molar-refractivity contribution in [3.05, 3.63) is 70.9 Å². The fourth-order valence-electron chi connectivity index (χ4n) is 4.06. The predicted molar refractivity (Wildman–Crippen MR) is 127 cm³/mol. The van der Waals surface area contributed by atoms with Crippen molar-refractivity contribution >= 4 is 17.5 Å². The first-order chi connectivity index (χ1) is 15.2. The summed E-state index contributed by atoms with van der Waals surface area (Å²) < 4.78 is 0. The lowest BCUT2D eigenvalue weighted by Gasteiger charge is -2.22. The molecule has 0 aliphatic carbocycles. The Balaban J connectivity index is 1.35. The van der Waals surface area contributed by atoms with Crippen LogP contribution < -0.4 is 10.6 Å². The summed E-state index contributed by atoms with van der Waals surface area (Å²) in [5.74, 6) is 1.55. The fraction of sp³-hybridized carbons (Fsp3) is 0.360. The van der Waals surface area contributed by atoms with Gasteiger partial charge >= 0.3 is 0 Å². The molecule has 1 aliphatic rings. The van der Waals surface area contributed by atoms with Crippen molar-refractivity contribution in [3.63, 3.8) is 0 Å². The number of hydrogen-bond acceptors (Lipinski definition) is 5. The average Bonchev–Trinajstić information content (AvgIpc) is 2.81. The van der Waals surface area contributed by atoms with Gasteiger partial charge in [0.05, 0.1) is 10.7 Å². The van der Waals surface area contributed by atoms with Crippen LogP contribution >= 0.6 is 11.6 Å². The second-order valence-corrected chi connectivity index (χ2v) is 8.57. The Hall–Kier alpha value is -2.63. The number of anilines is 1. The van der Waals surface area contributed by atoms with E-state index in [0.29, 0.717) is 17.5 Å². The molecule has 31 heavy (non-hydrogen) atoms. The van der Waals surface area contributed by atoms with Crippen molar-refractivity contribution in [2.24, 2.45) is 5.92 Å². The summed E-state index contributed by atoms with van der Waals surface area (Å²) in [6, 6.07) is 15.9. The van der Waals surface area contributed by atoms with Gasteiger partial charge in [0.2, 0.25) is 5.95 Å². The molecule has 2 aromatic carbocycles. The van der Waals surface area contributed by atoms with E-state index in [1.54, 1.807) is 18.3 Å². The predicted octanol–water partition coefficient (Wildman–Crippen LogP) is 5.09. The molecule has 0 unspecified atom stereocenters. The average molecular weight is 437 g/mol. The summed E-state index contributed by atoms with van der Waals surface area (Å²) in [7, 11) is 0. The van der Waals surface area contributed by atoms with Crippen molar-refractivity contribution in [2.75, 3.05) is 25.0 Å². The summed E-state index contributed by atoms with van der Waals surface area (Å²) in [6.07, 6.45) is 7.50. The Morgan fingerprint density at radius 1 is 1.03 bits per heavy atom. The highest BCUT2D eigenvalue weighted by Gasteiger charge is 2.13. The van der Waals surface area contributed by atoms with Crippen molar-refractivity contribution in [1.82, 2.24) is 15.3 Å². The fourth-order valence-corrected chi connectivity index (χ4v) is 4.26. The van der Waals surface area contributed by atoms with Crippen LogP contribution in [0.5, 0.6) is 5.75 Å². The van der Waals surface area contributed by atoms with E-state index in [4.69, 9.17) is 16.6 Å². The summed E-state index contributed by atoms with van der Waals surface area (Å²) in [4.78, 5) is 9.05. The van der Waals surface area contributed by atoms with Gasteiger partial charge in [-0.15, -0.1) is 0 Å². The minimum Gasteiger partial charge on any atom is -0.506 e. The normalized spacial score (nSPS) is 14.5. The second-order valence-electron chi connectivity index (χ2n) is 8.16. The molecule has 0 spiro atoms. The van der Waals surface area contributed by atoms with Gasteiger partial charge in [0.25, 0.3) is 0 Å². The number of rotatable bonds is 8. The molecule has 2 heterocycles. The van der Waals surface area contributed by atoms with Crippen LogP contribution in [0.25, 0.3) is 11.3 Å². The maximum atomic E-state index is 9.54. The number of aromatic nitrogens is 2. The molecule has 1 saturated heterocycles. The zero-order chi connectivity index (χ0) is 21.5. The molecule has 162 valence electrons. The standard InChI is InChI=1S/C25H29ClN4O/c26-22-17-20(6-7-24(22)31)10-14-28-25-29-15-11-23(30-25)21-3-1-2-19(16-21)5-4-18-8-12-27-13-9-18/h1-3,6-7,11,15-18,27,31H,4-5,8-10,12-14H2,(H,28,29,30). The zero-order valence-corrected chi connectivity index (χ0v) is 18.4. The van der Waals surface area contributed by atoms with Crippen LogP contribution in [0.2, 0.25) is 5.02 Å². The number of aromatic hydroxyl groups is 1. The third-order valence-electron chi connectivity index (χ3n) is 5.89. The zero-order valence-electron chi connectivity index (χ0n) is 17.6.